The van der Waals surface area contributed by atoms with E-state index in [-0.39, 0.29) is 6.04 Å². The molecule has 1 heterocycles. The maximum absolute atomic E-state index is 6.07. The van der Waals surface area contributed by atoms with Crippen LogP contribution in [0.3, 0.4) is 0 Å². The van der Waals surface area contributed by atoms with E-state index in [1.807, 2.05) is 6.07 Å². The van der Waals surface area contributed by atoms with Crippen LogP contribution >= 0.6 is 0 Å². The number of nitrogens with two attached hydrogens (primary N) is 1. The first-order valence-electron chi connectivity index (χ1n) is 4.82. The molecule has 3 heteroatoms. The monoisotopic (exact) mass is 182 g/mol. The molecule has 0 aromatic carbocycles. The van der Waals surface area contributed by atoms with E-state index in [0.29, 0.717) is 11.8 Å². The Labute approximate surface area is 79.3 Å². The van der Waals surface area contributed by atoms with Gasteiger partial charge in [-0.1, -0.05) is 32.3 Å². The van der Waals surface area contributed by atoms with Crippen LogP contribution in [0, 0.1) is 11.8 Å². The first-order valence-corrected chi connectivity index (χ1v) is 4.82. The molecule has 0 aliphatic carbocycles. The van der Waals surface area contributed by atoms with Crippen molar-refractivity contribution in [3.63, 3.8) is 0 Å². The molecule has 2 atom stereocenters. The zero-order valence-electron chi connectivity index (χ0n) is 8.53. The highest BCUT2D eigenvalue weighted by atomic mass is 16.5. The van der Waals surface area contributed by atoms with Gasteiger partial charge in [0.1, 0.15) is 12.0 Å². The van der Waals surface area contributed by atoms with Crippen molar-refractivity contribution in [3.8, 4) is 0 Å². The van der Waals surface area contributed by atoms with Crippen molar-refractivity contribution in [3.05, 3.63) is 18.0 Å². The Morgan fingerprint density at radius 1 is 1.54 bits per heavy atom. The smallest absolute Gasteiger partial charge is 0.124 e. The predicted octanol–water partition coefficient (Wildman–Crippen LogP) is 2.36. The molecule has 1 rings (SSSR count). The summed E-state index contributed by atoms with van der Waals surface area (Å²) in [6, 6.07) is 1.85. The van der Waals surface area contributed by atoms with Crippen molar-refractivity contribution in [1.82, 2.24) is 5.16 Å². The van der Waals surface area contributed by atoms with E-state index in [1.165, 1.54) is 0 Å². The third-order valence-corrected chi connectivity index (χ3v) is 2.59. The molecule has 3 nitrogen and oxygen atoms in total. The van der Waals surface area contributed by atoms with Crippen LogP contribution in [0.15, 0.2) is 16.9 Å². The summed E-state index contributed by atoms with van der Waals surface area (Å²) in [6.45, 7) is 6.53. The van der Waals surface area contributed by atoms with Crippen molar-refractivity contribution in [2.45, 2.75) is 33.2 Å². The highest BCUT2D eigenvalue weighted by Crippen LogP contribution is 2.27. The van der Waals surface area contributed by atoms with Crippen molar-refractivity contribution >= 4 is 0 Å². The fraction of sp³-hybridized carbons (Fsp3) is 0.700. The summed E-state index contributed by atoms with van der Waals surface area (Å²) in [5.41, 5.74) is 6.93. The summed E-state index contributed by atoms with van der Waals surface area (Å²) in [6.07, 6.45) is 2.65. The minimum Gasteiger partial charge on any atom is -0.364 e. The molecule has 0 spiro atoms. The second-order valence-electron chi connectivity index (χ2n) is 3.77. The number of rotatable bonds is 4. The molecule has 2 unspecified atom stereocenters. The number of nitrogens with zero attached hydrogens (tertiary/aromatic N) is 1. The molecule has 0 saturated carbocycles. The quantitative estimate of drug-likeness (QED) is 0.777. The molecular weight excluding hydrogens is 164 g/mol. The van der Waals surface area contributed by atoms with Gasteiger partial charge in [-0.05, 0) is 11.8 Å². The van der Waals surface area contributed by atoms with E-state index in [9.17, 15) is 0 Å². The number of hydrogen-bond acceptors (Lipinski definition) is 3. The Morgan fingerprint density at radius 2 is 2.23 bits per heavy atom. The molecule has 1 aromatic heterocycles. The molecule has 1 aromatic rings. The first kappa shape index (κ1) is 10.3. The molecule has 13 heavy (non-hydrogen) atoms. The lowest BCUT2D eigenvalue weighted by atomic mass is 9.85. The van der Waals surface area contributed by atoms with Gasteiger partial charge in [0.05, 0.1) is 6.04 Å². The molecule has 0 saturated heterocycles. The average molecular weight is 182 g/mol. The van der Waals surface area contributed by atoms with Crippen LogP contribution in [0.5, 0.6) is 0 Å². The van der Waals surface area contributed by atoms with Gasteiger partial charge in [-0.25, -0.2) is 0 Å². The lowest BCUT2D eigenvalue weighted by Crippen LogP contribution is -2.25. The lowest BCUT2D eigenvalue weighted by molar-refractivity contribution is 0.297. The second kappa shape index (κ2) is 4.42. The van der Waals surface area contributed by atoms with E-state index in [2.05, 4.69) is 25.9 Å². The van der Waals surface area contributed by atoms with E-state index in [0.717, 1.165) is 12.1 Å². The molecule has 0 aliphatic heterocycles. The summed E-state index contributed by atoms with van der Waals surface area (Å²) < 4.78 is 4.78. The normalized spacial score (nSPS) is 16.1. The topological polar surface area (TPSA) is 52.0 Å². The van der Waals surface area contributed by atoms with Crippen LogP contribution in [-0.4, -0.2) is 5.16 Å². The van der Waals surface area contributed by atoms with Gasteiger partial charge >= 0.3 is 0 Å². The largest absolute Gasteiger partial charge is 0.364 e. The molecule has 74 valence electrons. The van der Waals surface area contributed by atoms with Gasteiger partial charge in [0.15, 0.2) is 0 Å². The zero-order chi connectivity index (χ0) is 9.84. The van der Waals surface area contributed by atoms with Crippen LogP contribution in [0.4, 0.5) is 0 Å². The minimum absolute atomic E-state index is 0.00347. The Kier molecular flexibility index (Phi) is 3.48. The molecule has 2 N–H and O–H groups in total. The molecule has 0 fully saturated rings. The Hall–Kier alpha value is -0.830. The molecule has 0 bridgehead atoms. The fourth-order valence-corrected chi connectivity index (χ4v) is 1.75. The Bertz CT molecular complexity index is 231. The van der Waals surface area contributed by atoms with Crippen molar-refractivity contribution in [2.24, 2.45) is 17.6 Å². The third kappa shape index (κ3) is 2.31. The van der Waals surface area contributed by atoms with E-state index in [4.69, 9.17) is 10.3 Å². The average Bonchev–Trinajstić information content (AvgIpc) is 2.56. The van der Waals surface area contributed by atoms with Gasteiger partial charge in [-0.3, -0.25) is 0 Å². The van der Waals surface area contributed by atoms with Crippen molar-refractivity contribution < 1.29 is 4.52 Å². The van der Waals surface area contributed by atoms with Gasteiger partial charge in [-0.2, -0.15) is 0 Å². The maximum Gasteiger partial charge on any atom is 0.124 e. The highest BCUT2D eigenvalue weighted by Gasteiger charge is 2.22. The van der Waals surface area contributed by atoms with Crippen molar-refractivity contribution in [2.75, 3.05) is 0 Å². The highest BCUT2D eigenvalue weighted by molar-refractivity contribution is 5.03. The van der Waals surface area contributed by atoms with Crippen LogP contribution in [-0.2, 0) is 0 Å². The van der Waals surface area contributed by atoms with Crippen molar-refractivity contribution in [1.29, 1.82) is 0 Å². The van der Waals surface area contributed by atoms with Gasteiger partial charge in [0, 0.05) is 6.07 Å². The van der Waals surface area contributed by atoms with E-state index < -0.39 is 0 Å². The summed E-state index contributed by atoms with van der Waals surface area (Å²) in [5, 5.41) is 3.87. The zero-order valence-corrected chi connectivity index (χ0v) is 8.53. The Morgan fingerprint density at radius 3 is 2.62 bits per heavy atom. The van der Waals surface area contributed by atoms with Gasteiger partial charge in [0.2, 0.25) is 0 Å². The fourth-order valence-electron chi connectivity index (χ4n) is 1.75. The standard InChI is InChI=1S/C10H18N2O/c1-4-8(7(2)3)10(11)9-5-6-13-12-9/h5-8,10H,4,11H2,1-3H3. The van der Waals surface area contributed by atoms with Gasteiger partial charge in [-0.15, -0.1) is 0 Å². The van der Waals surface area contributed by atoms with E-state index in [1.54, 1.807) is 6.26 Å². The summed E-state index contributed by atoms with van der Waals surface area (Å²) >= 11 is 0. The first-order chi connectivity index (χ1) is 6.16. The summed E-state index contributed by atoms with van der Waals surface area (Å²) in [7, 11) is 0. The van der Waals surface area contributed by atoms with Crippen LogP contribution in [0.25, 0.3) is 0 Å². The molecule has 0 radical (unpaired) electrons. The van der Waals surface area contributed by atoms with Crippen LogP contribution < -0.4 is 5.73 Å². The summed E-state index contributed by atoms with van der Waals surface area (Å²) in [5.74, 6) is 1.06. The Balaban J connectivity index is 2.70. The van der Waals surface area contributed by atoms with E-state index >= 15 is 0 Å². The predicted molar refractivity (Wildman–Crippen MR) is 52.1 cm³/mol. The summed E-state index contributed by atoms with van der Waals surface area (Å²) in [4.78, 5) is 0. The third-order valence-electron chi connectivity index (χ3n) is 2.59. The minimum atomic E-state index is 0.00347. The van der Waals surface area contributed by atoms with Crippen LogP contribution in [0.2, 0.25) is 0 Å². The maximum atomic E-state index is 6.07. The second-order valence-corrected chi connectivity index (χ2v) is 3.77. The SMILES string of the molecule is CCC(C(C)C)C(N)c1ccon1. The molecule has 0 aliphatic rings. The lowest BCUT2D eigenvalue weighted by Gasteiger charge is -2.24. The number of hydrogen-bond donors (Lipinski definition) is 1. The van der Waals surface area contributed by atoms with Gasteiger partial charge in [0.25, 0.3) is 0 Å². The molecular formula is C10H18N2O. The molecule has 0 amide bonds. The van der Waals surface area contributed by atoms with Gasteiger partial charge < -0.3 is 10.3 Å². The van der Waals surface area contributed by atoms with Crippen LogP contribution in [0.1, 0.15) is 38.9 Å². The number of aromatic nitrogens is 1.